The topological polar surface area (TPSA) is 103 Å². The molecule has 38 heavy (non-hydrogen) atoms. The summed E-state index contributed by atoms with van der Waals surface area (Å²) in [6.45, 7) is 0.549. The molecule has 10 heteroatoms. The number of hydrazone groups is 1. The van der Waals surface area contributed by atoms with Crippen molar-refractivity contribution >= 4 is 41.0 Å². The summed E-state index contributed by atoms with van der Waals surface area (Å²) in [7, 11) is 0. The van der Waals surface area contributed by atoms with Gasteiger partial charge in [-0.05, 0) is 83.9 Å². The van der Waals surface area contributed by atoms with Crippen LogP contribution in [-0.2, 0) is 13.2 Å². The van der Waals surface area contributed by atoms with Gasteiger partial charge in [0, 0.05) is 33.3 Å². The molecule has 0 aromatic heterocycles. The highest BCUT2D eigenvalue weighted by Gasteiger charge is 2.07. The van der Waals surface area contributed by atoms with E-state index in [1.165, 1.54) is 18.3 Å². The van der Waals surface area contributed by atoms with Crippen LogP contribution >= 0.6 is 23.2 Å². The fraction of sp³-hybridized carbons (Fsp3) is 0.0714. The van der Waals surface area contributed by atoms with Crippen LogP contribution in [0.5, 0.6) is 11.5 Å². The molecule has 0 aliphatic rings. The van der Waals surface area contributed by atoms with Gasteiger partial charge in [-0.1, -0.05) is 29.3 Å². The van der Waals surface area contributed by atoms with Crippen LogP contribution in [0.15, 0.2) is 96.1 Å². The normalized spacial score (nSPS) is 10.8. The number of carbonyl (C=O) groups is 1. The number of hydrogen-bond acceptors (Lipinski definition) is 6. The molecule has 4 aromatic rings. The number of amides is 1. The van der Waals surface area contributed by atoms with Crippen molar-refractivity contribution < 1.29 is 19.2 Å². The molecule has 0 unspecified atom stereocenters. The fourth-order valence-electron chi connectivity index (χ4n) is 3.26. The maximum Gasteiger partial charge on any atom is 0.271 e. The van der Waals surface area contributed by atoms with Crippen LogP contribution in [0, 0.1) is 10.1 Å². The molecule has 1 amide bonds. The predicted molar refractivity (Wildman–Crippen MR) is 146 cm³/mol. The Bertz CT molecular complexity index is 1440. The first-order valence-electron chi connectivity index (χ1n) is 11.3. The van der Waals surface area contributed by atoms with Gasteiger partial charge in [-0.2, -0.15) is 5.10 Å². The number of nitro benzene ring substituents is 1. The van der Waals surface area contributed by atoms with Crippen molar-refractivity contribution in [1.82, 2.24) is 5.43 Å². The van der Waals surface area contributed by atoms with E-state index in [0.717, 1.165) is 16.7 Å². The second kappa shape index (κ2) is 12.7. The molecule has 0 fully saturated rings. The van der Waals surface area contributed by atoms with Crippen molar-refractivity contribution in [3.8, 4) is 11.5 Å². The van der Waals surface area contributed by atoms with E-state index in [4.69, 9.17) is 32.7 Å². The third-order valence-corrected chi connectivity index (χ3v) is 5.93. The van der Waals surface area contributed by atoms with Crippen LogP contribution < -0.4 is 14.9 Å². The van der Waals surface area contributed by atoms with Gasteiger partial charge in [-0.25, -0.2) is 5.43 Å². The Morgan fingerprint density at radius 1 is 0.868 bits per heavy atom. The third kappa shape index (κ3) is 7.55. The Balaban J connectivity index is 1.23. The van der Waals surface area contributed by atoms with Crippen LogP contribution in [0.4, 0.5) is 5.69 Å². The lowest BCUT2D eigenvalue weighted by atomic mass is 10.2. The molecule has 0 heterocycles. The molecule has 0 aliphatic heterocycles. The van der Waals surface area contributed by atoms with Crippen LogP contribution in [0.25, 0.3) is 0 Å². The number of rotatable bonds is 10. The summed E-state index contributed by atoms with van der Waals surface area (Å²) in [5.74, 6) is 0.855. The Morgan fingerprint density at radius 2 is 1.50 bits per heavy atom. The number of halogens is 2. The Kier molecular flexibility index (Phi) is 8.92. The number of hydrogen-bond donors (Lipinski definition) is 1. The van der Waals surface area contributed by atoms with E-state index < -0.39 is 4.92 Å². The number of non-ortho nitro benzene ring substituents is 1. The number of benzene rings is 4. The van der Waals surface area contributed by atoms with Gasteiger partial charge in [0.15, 0.2) is 0 Å². The quantitative estimate of drug-likeness (QED) is 0.133. The lowest BCUT2D eigenvalue weighted by Gasteiger charge is -2.08. The van der Waals surface area contributed by atoms with E-state index in [2.05, 4.69) is 10.5 Å². The Labute approximate surface area is 228 Å². The molecule has 0 bridgehead atoms. The summed E-state index contributed by atoms with van der Waals surface area (Å²) in [6, 6.07) is 25.2. The van der Waals surface area contributed by atoms with Gasteiger partial charge in [0.25, 0.3) is 11.6 Å². The summed E-state index contributed by atoms with van der Waals surface area (Å²) in [6.07, 6.45) is 1.52. The lowest BCUT2D eigenvalue weighted by molar-refractivity contribution is -0.384. The molecular weight excluding hydrogens is 529 g/mol. The van der Waals surface area contributed by atoms with Gasteiger partial charge in [-0.3, -0.25) is 14.9 Å². The average Bonchev–Trinajstić information content (AvgIpc) is 2.92. The fourth-order valence-corrected chi connectivity index (χ4v) is 3.73. The van der Waals surface area contributed by atoms with E-state index in [9.17, 15) is 14.9 Å². The standard InChI is InChI=1S/C28H21Cl2N3O5/c29-23-8-5-22(27(30)15-23)18-38-26-13-6-21(7-14-26)28(34)32-31-16-19-3-11-25(12-4-19)37-17-20-1-9-24(10-2-20)33(35)36/h1-16H,17-18H2,(H,32,34)/b31-16+. The van der Waals surface area contributed by atoms with E-state index in [1.54, 1.807) is 78.9 Å². The first kappa shape index (κ1) is 26.7. The molecule has 4 aromatic carbocycles. The molecule has 192 valence electrons. The Morgan fingerprint density at radius 3 is 2.13 bits per heavy atom. The van der Waals surface area contributed by atoms with Crippen LogP contribution in [0.3, 0.4) is 0 Å². The molecular formula is C28H21Cl2N3O5. The first-order chi connectivity index (χ1) is 18.4. The second-order valence-corrected chi connectivity index (χ2v) is 8.87. The maximum atomic E-state index is 12.4. The highest BCUT2D eigenvalue weighted by molar-refractivity contribution is 6.35. The Hall–Kier alpha value is -4.40. The van der Waals surface area contributed by atoms with Gasteiger partial charge < -0.3 is 9.47 Å². The number of carbonyl (C=O) groups excluding carboxylic acids is 1. The van der Waals surface area contributed by atoms with Crippen molar-refractivity contribution in [2.45, 2.75) is 13.2 Å². The third-order valence-electron chi connectivity index (χ3n) is 5.34. The lowest BCUT2D eigenvalue weighted by Crippen LogP contribution is -2.17. The zero-order chi connectivity index (χ0) is 26.9. The molecule has 4 rings (SSSR count). The van der Waals surface area contributed by atoms with Gasteiger partial charge in [0.05, 0.1) is 11.1 Å². The second-order valence-electron chi connectivity index (χ2n) is 8.03. The van der Waals surface area contributed by atoms with Crippen molar-refractivity contribution in [3.63, 3.8) is 0 Å². The average molecular weight is 550 g/mol. The first-order valence-corrected chi connectivity index (χ1v) is 12.1. The highest BCUT2D eigenvalue weighted by Crippen LogP contribution is 2.23. The smallest absolute Gasteiger partial charge is 0.271 e. The van der Waals surface area contributed by atoms with Crippen LogP contribution in [0.1, 0.15) is 27.0 Å². The zero-order valence-corrected chi connectivity index (χ0v) is 21.4. The SMILES string of the molecule is O=C(N/N=C/c1ccc(OCc2ccc([N+](=O)[O-])cc2)cc1)c1ccc(OCc2ccc(Cl)cc2Cl)cc1. The predicted octanol–water partition coefficient (Wildman–Crippen LogP) is 6.82. The molecule has 0 spiro atoms. The maximum absolute atomic E-state index is 12.4. The summed E-state index contributed by atoms with van der Waals surface area (Å²) in [5.41, 5.74) is 5.33. The molecule has 8 nitrogen and oxygen atoms in total. The largest absolute Gasteiger partial charge is 0.489 e. The van der Waals surface area contributed by atoms with Crippen LogP contribution in [-0.4, -0.2) is 17.0 Å². The van der Waals surface area contributed by atoms with Crippen molar-refractivity contribution in [3.05, 3.63) is 133 Å². The van der Waals surface area contributed by atoms with Gasteiger partial charge in [0.2, 0.25) is 0 Å². The number of nitrogens with zero attached hydrogens (tertiary/aromatic N) is 2. The summed E-state index contributed by atoms with van der Waals surface area (Å²) < 4.78 is 11.4. The highest BCUT2D eigenvalue weighted by atomic mass is 35.5. The monoisotopic (exact) mass is 549 g/mol. The van der Waals surface area contributed by atoms with Gasteiger partial charge in [-0.15, -0.1) is 0 Å². The summed E-state index contributed by atoms with van der Waals surface area (Å²) >= 11 is 12.1. The van der Waals surface area contributed by atoms with Crippen LogP contribution in [0.2, 0.25) is 10.0 Å². The minimum absolute atomic E-state index is 0.0338. The summed E-state index contributed by atoms with van der Waals surface area (Å²) in [5, 5.41) is 15.8. The molecule has 0 aliphatic carbocycles. The van der Waals surface area contributed by atoms with Crippen molar-refractivity contribution in [2.75, 3.05) is 0 Å². The summed E-state index contributed by atoms with van der Waals surface area (Å²) in [4.78, 5) is 22.7. The number of nitrogens with one attached hydrogen (secondary N) is 1. The number of ether oxygens (including phenoxy) is 2. The molecule has 0 atom stereocenters. The minimum Gasteiger partial charge on any atom is -0.489 e. The zero-order valence-electron chi connectivity index (χ0n) is 19.8. The van der Waals surface area contributed by atoms with E-state index >= 15 is 0 Å². The van der Waals surface area contributed by atoms with Gasteiger partial charge in [0.1, 0.15) is 24.7 Å². The molecule has 0 saturated heterocycles. The van der Waals surface area contributed by atoms with E-state index in [-0.39, 0.29) is 24.8 Å². The molecule has 0 radical (unpaired) electrons. The van der Waals surface area contributed by atoms with E-state index in [1.807, 2.05) is 0 Å². The van der Waals surface area contributed by atoms with Crippen molar-refractivity contribution in [1.29, 1.82) is 0 Å². The van der Waals surface area contributed by atoms with Crippen molar-refractivity contribution in [2.24, 2.45) is 5.10 Å². The molecule has 0 saturated carbocycles. The van der Waals surface area contributed by atoms with E-state index in [0.29, 0.717) is 27.1 Å². The minimum atomic E-state index is -0.444. The molecule has 1 N–H and O–H groups in total. The number of nitro groups is 1. The van der Waals surface area contributed by atoms with Gasteiger partial charge >= 0.3 is 0 Å².